The number of hydrogen-bond acceptors (Lipinski definition) is 2. The third kappa shape index (κ3) is 3.80. The predicted octanol–water partition coefficient (Wildman–Crippen LogP) is 1.71. The highest BCUT2D eigenvalue weighted by atomic mass is 19.3. The quantitative estimate of drug-likeness (QED) is 0.777. The van der Waals surface area contributed by atoms with E-state index in [2.05, 4.69) is 5.32 Å². The fourth-order valence-corrected chi connectivity index (χ4v) is 1.85. The summed E-state index contributed by atoms with van der Waals surface area (Å²) in [5.41, 5.74) is 1.44. The minimum Gasteiger partial charge on any atom is -0.480 e. The first-order chi connectivity index (χ1) is 7.91. The zero-order valence-corrected chi connectivity index (χ0v) is 9.50. The first kappa shape index (κ1) is 13.6. The summed E-state index contributed by atoms with van der Waals surface area (Å²) >= 11 is 0. The van der Waals surface area contributed by atoms with Crippen LogP contribution in [0, 0.1) is 0 Å². The fourth-order valence-electron chi connectivity index (χ4n) is 1.85. The van der Waals surface area contributed by atoms with Gasteiger partial charge in [-0.25, -0.2) is 13.6 Å². The van der Waals surface area contributed by atoms with Crippen LogP contribution in [0.15, 0.2) is 11.1 Å². The zero-order valence-electron chi connectivity index (χ0n) is 9.50. The van der Waals surface area contributed by atoms with E-state index in [1.165, 1.54) is 0 Å². The van der Waals surface area contributed by atoms with E-state index in [0.717, 1.165) is 18.4 Å². The Labute approximate surface area is 97.7 Å². The van der Waals surface area contributed by atoms with Crippen molar-refractivity contribution in [2.45, 2.75) is 45.1 Å². The van der Waals surface area contributed by atoms with Crippen LogP contribution in [0.2, 0.25) is 0 Å². The number of carbonyl (C=O) groups is 2. The highest BCUT2D eigenvalue weighted by molar-refractivity contribution is 5.96. The van der Waals surface area contributed by atoms with Gasteiger partial charge in [0, 0.05) is 12.0 Å². The van der Waals surface area contributed by atoms with Gasteiger partial charge < -0.3 is 10.4 Å². The van der Waals surface area contributed by atoms with Gasteiger partial charge in [0.05, 0.1) is 0 Å². The van der Waals surface area contributed by atoms with E-state index < -0.39 is 30.8 Å². The van der Waals surface area contributed by atoms with E-state index in [-0.39, 0.29) is 0 Å². The lowest BCUT2D eigenvalue weighted by Crippen LogP contribution is -2.42. The number of rotatable bonds is 5. The Morgan fingerprint density at radius 2 is 2.06 bits per heavy atom. The Balaban J connectivity index is 2.64. The summed E-state index contributed by atoms with van der Waals surface area (Å²) in [5, 5.41) is 10.9. The van der Waals surface area contributed by atoms with E-state index in [9.17, 15) is 18.4 Å². The van der Waals surface area contributed by atoms with Crippen LogP contribution in [-0.4, -0.2) is 29.5 Å². The molecule has 1 unspecified atom stereocenters. The molecule has 0 aromatic carbocycles. The topological polar surface area (TPSA) is 66.4 Å². The Hall–Kier alpha value is -1.46. The van der Waals surface area contributed by atoms with Crippen molar-refractivity contribution in [2.24, 2.45) is 0 Å². The summed E-state index contributed by atoms with van der Waals surface area (Å²) in [6.45, 7) is 1.80. The standard InChI is InChI=1S/C11H15F2NO3/c1-6-3-2-4-7(6)10(15)14-8(11(16)17)5-9(12)13/h8-9H,2-5H2,1H3,(H,14,15)(H,16,17). The predicted molar refractivity (Wildman–Crippen MR) is 56.7 cm³/mol. The van der Waals surface area contributed by atoms with Crippen molar-refractivity contribution in [3.05, 3.63) is 11.1 Å². The normalized spacial score (nSPS) is 17.4. The molecule has 0 aromatic heterocycles. The van der Waals surface area contributed by atoms with Crippen LogP contribution in [0.3, 0.4) is 0 Å². The average Bonchev–Trinajstić information content (AvgIpc) is 2.62. The van der Waals surface area contributed by atoms with E-state index in [1.807, 2.05) is 0 Å². The van der Waals surface area contributed by atoms with Gasteiger partial charge in [-0.1, -0.05) is 5.57 Å². The summed E-state index contributed by atoms with van der Waals surface area (Å²) in [5.74, 6) is -1.97. The zero-order chi connectivity index (χ0) is 13.0. The molecule has 1 aliphatic carbocycles. The molecule has 0 aliphatic heterocycles. The highest BCUT2D eigenvalue weighted by Gasteiger charge is 2.26. The number of nitrogens with one attached hydrogen (secondary N) is 1. The molecule has 0 aromatic rings. The van der Waals surface area contributed by atoms with E-state index in [4.69, 9.17) is 5.11 Å². The molecule has 0 heterocycles. The van der Waals surface area contributed by atoms with E-state index >= 15 is 0 Å². The van der Waals surface area contributed by atoms with Crippen LogP contribution in [0.5, 0.6) is 0 Å². The van der Waals surface area contributed by atoms with Crippen molar-refractivity contribution in [1.82, 2.24) is 5.32 Å². The fraction of sp³-hybridized carbons (Fsp3) is 0.636. The Kier molecular flexibility index (Phi) is 4.60. The van der Waals surface area contributed by atoms with Gasteiger partial charge in [-0.2, -0.15) is 0 Å². The van der Waals surface area contributed by atoms with E-state index in [0.29, 0.717) is 12.0 Å². The monoisotopic (exact) mass is 247 g/mol. The van der Waals surface area contributed by atoms with Gasteiger partial charge in [0.15, 0.2) is 0 Å². The molecule has 0 saturated carbocycles. The molecule has 4 nitrogen and oxygen atoms in total. The van der Waals surface area contributed by atoms with Crippen molar-refractivity contribution < 1.29 is 23.5 Å². The smallest absolute Gasteiger partial charge is 0.326 e. The Morgan fingerprint density at radius 3 is 2.47 bits per heavy atom. The van der Waals surface area contributed by atoms with Gasteiger partial charge in [-0.05, 0) is 26.2 Å². The molecule has 0 spiro atoms. The van der Waals surface area contributed by atoms with Gasteiger partial charge in [0.1, 0.15) is 6.04 Å². The lowest BCUT2D eigenvalue weighted by atomic mass is 10.1. The summed E-state index contributed by atoms with van der Waals surface area (Å²) < 4.78 is 24.2. The maximum absolute atomic E-state index is 12.1. The van der Waals surface area contributed by atoms with E-state index in [1.54, 1.807) is 6.92 Å². The molecule has 1 rings (SSSR count). The number of allylic oxidation sites excluding steroid dienone is 1. The second-order valence-corrected chi connectivity index (χ2v) is 4.10. The number of carboxylic acid groups (broad SMARTS) is 1. The van der Waals surface area contributed by atoms with Crippen LogP contribution in [0.25, 0.3) is 0 Å². The van der Waals surface area contributed by atoms with Crippen LogP contribution in [-0.2, 0) is 9.59 Å². The number of carboxylic acids is 1. The lowest BCUT2D eigenvalue weighted by Gasteiger charge is -2.14. The van der Waals surface area contributed by atoms with Gasteiger partial charge in [-0.3, -0.25) is 4.79 Å². The summed E-state index contributed by atoms with van der Waals surface area (Å²) in [6.07, 6.45) is -1.39. The molecule has 1 atom stereocenters. The number of aliphatic carboxylic acids is 1. The molecule has 1 aliphatic rings. The summed E-state index contributed by atoms with van der Waals surface area (Å²) in [6, 6.07) is -1.52. The third-order valence-corrected chi connectivity index (χ3v) is 2.79. The third-order valence-electron chi connectivity index (χ3n) is 2.79. The lowest BCUT2D eigenvalue weighted by molar-refractivity contribution is -0.142. The van der Waals surface area contributed by atoms with Crippen molar-refractivity contribution in [2.75, 3.05) is 0 Å². The maximum Gasteiger partial charge on any atom is 0.326 e. The summed E-state index contributed by atoms with van der Waals surface area (Å²) in [7, 11) is 0. The Bertz CT molecular complexity index is 353. The van der Waals surface area contributed by atoms with Crippen LogP contribution < -0.4 is 5.32 Å². The molecule has 0 fully saturated rings. The van der Waals surface area contributed by atoms with Gasteiger partial charge in [0.2, 0.25) is 12.3 Å². The number of carbonyl (C=O) groups excluding carboxylic acids is 1. The maximum atomic E-state index is 12.1. The Morgan fingerprint density at radius 1 is 1.41 bits per heavy atom. The second kappa shape index (κ2) is 5.75. The average molecular weight is 247 g/mol. The van der Waals surface area contributed by atoms with Crippen LogP contribution in [0.4, 0.5) is 8.78 Å². The number of hydrogen-bond donors (Lipinski definition) is 2. The van der Waals surface area contributed by atoms with Gasteiger partial charge >= 0.3 is 5.97 Å². The minimum atomic E-state index is -2.75. The van der Waals surface area contributed by atoms with Crippen LogP contribution in [0.1, 0.15) is 32.6 Å². The molecule has 6 heteroatoms. The van der Waals surface area contributed by atoms with Gasteiger partial charge in [-0.15, -0.1) is 0 Å². The second-order valence-electron chi connectivity index (χ2n) is 4.10. The number of amides is 1. The first-order valence-electron chi connectivity index (χ1n) is 5.42. The number of alkyl halides is 2. The summed E-state index contributed by atoms with van der Waals surface area (Å²) in [4.78, 5) is 22.4. The largest absolute Gasteiger partial charge is 0.480 e. The highest BCUT2D eigenvalue weighted by Crippen LogP contribution is 2.25. The van der Waals surface area contributed by atoms with Crippen molar-refractivity contribution in [3.8, 4) is 0 Å². The molecule has 0 bridgehead atoms. The molecule has 96 valence electrons. The molecule has 2 N–H and O–H groups in total. The molecule has 17 heavy (non-hydrogen) atoms. The molecular formula is C11H15F2NO3. The minimum absolute atomic E-state index is 0.533. The SMILES string of the molecule is CC1=C(C(=O)NC(CC(F)F)C(=O)O)CCC1. The van der Waals surface area contributed by atoms with Crippen molar-refractivity contribution in [3.63, 3.8) is 0 Å². The van der Waals surface area contributed by atoms with Gasteiger partial charge in [0.25, 0.3) is 0 Å². The van der Waals surface area contributed by atoms with Crippen molar-refractivity contribution >= 4 is 11.9 Å². The van der Waals surface area contributed by atoms with Crippen molar-refractivity contribution in [1.29, 1.82) is 0 Å². The molecule has 0 saturated heterocycles. The van der Waals surface area contributed by atoms with Crippen LogP contribution >= 0.6 is 0 Å². The number of halogens is 2. The molecule has 0 radical (unpaired) electrons. The first-order valence-corrected chi connectivity index (χ1v) is 5.42. The molecule has 1 amide bonds. The molecular weight excluding hydrogens is 232 g/mol.